The summed E-state index contributed by atoms with van der Waals surface area (Å²) in [5.41, 5.74) is 13.5. The van der Waals surface area contributed by atoms with Crippen LogP contribution in [-0.2, 0) is 18.9 Å². The Morgan fingerprint density at radius 3 is 0.765 bits per heavy atom. The number of ether oxygens (including phenoxy) is 8. The summed E-state index contributed by atoms with van der Waals surface area (Å²) in [6.07, 6.45) is 27.9. The molecule has 8 aromatic rings. The molecule has 4 aromatic heterocycles. The molecule has 0 amide bonds. The Hall–Kier alpha value is -6.40. The van der Waals surface area contributed by atoms with Crippen LogP contribution in [0.2, 0.25) is 0 Å². The number of hydrogen-bond acceptors (Lipinski definition) is 16. The molecule has 0 aliphatic rings. The number of benzene rings is 4. The SMILES string of the molecule is CCCOCCOCCOc1ncc(/C=C/c2ccc(N(C)C)cc2)cc1[123I].CCCOCCOCCOc1ncc(/C=C/c2ccc(NC)cc2)cc1[123I].CCCOc1ncc(/C=C/c2ccc(N(C)C)cc2)cc1[123I].CCCOc1ncc(/C=C/c2ccc(NC)cc2)cc1[123I]. The van der Waals surface area contributed by atoms with Crippen molar-refractivity contribution < 1.29 is 37.9 Å². The fourth-order valence-corrected chi connectivity index (χ4v) is 11.0. The van der Waals surface area contributed by atoms with Crippen molar-refractivity contribution >= 4 is 162 Å². The third-order valence-electron chi connectivity index (χ3n) is 13.7. The predicted molar refractivity (Wildman–Crippen MR) is 443 cm³/mol. The van der Waals surface area contributed by atoms with E-state index in [-0.39, 0.29) is 0 Å². The van der Waals surface area contributed by atoms with Gasteiger partial charge in [-0.3, -0.25) is 0 Å². The van der Waals surface area contributed by atoms with E-state index < -0.39 is 0 Å². The molecule has 524 valence electrons. The van der Waals surface area contributed by atoms with Crippen LogP contribution >= 0.6 is 90.4 Å². The highest BCUT2D eigenvalue weighted by Gasteiger charge is 2.08. The van der Waals surface area contributed by atoms with E-state index in [4.69, 9.17) is 37.9 Å². The molecular weight excluding hydrogens is 1670 g/mol. The number of hydrogen-bond donors (Lipinski definition) is 2. The molecule has 2 N–H and O–H groups in total. The third kappa shape index (κ3) is 33.2. The van der Waals surface area contributed by atoms with Crippen LogP contribution in [-0.4, -0.2) is 142 Å². The van der Waals surface area contributed by atoms with Crippen molar-refractivity contribution in [3.05, 3.63) is 205 Å². The first-order valence-corrected chi connectivity index (χ1v) is 37.2. The summed E-state index contributed by atoms with van der Waals surface area (Å²) in [7, 11) is 12.0. The van der Waals surface area contributed by atoms with Crippen LogP contribution in [0.4, 0.5) is 22.7 Å². The van der Waals surface area contributed by atoms with Gasteiger partial charge in [0.2, 0.25) is 23.5 Å². The normalized spacial score (nSPS) is 11.0. The van der Waals surface area contributed by atoms with E-state index in [1.54, 1.807) is 0 Å². The molecule has 0 bridgehead atoms. The van der Waals surface area contributed by atoms with Gasteiger partial charge in [0.05, 0.1) is 67.1 Å². The Morgan fingerprint density at radius 1 is 0.306 bits per heavy atom. The second kappa shape index (κ2) is 49.2. The number of aromatic nitrogens is 4. The number of pyridine rings is 4. The van der Waals surface area contributed by atoms with Gasteiger partial charge in [-0.15, -0.1) is 0 Å². The molecule has 16 nitrogen and oxygen atoms in total. The molecule has 0 fully saturated rings. The second-order valence-electron chi connectivity index (χ2n) is 22.1. The van der Waals surface area contributed by atoms with Gasteiger partial charge in [-0.1, -0.05) is 125 Å². The Kier molecular flexibility index (Phi) is 41.3. The van der Waals surface area contributed by atoms with Crippen LogP contribution in [0.25, 0.3) is 48.6 Å². The Morgan fingerprint density at radius 2 is 0.531 bits per heavy atom. The van der Waals surface area contributed by atoms with Gasteiger partial charge in [-0.25, -0.2) is 19.9 Å². The number of halogens is 4. The molecule has 4 aromatic carbocycles. The molecular formula is C78H96I4N8O8. The van der Waals surface area contributed by atoms with Gasteiger partial charge in [-0.2, -0.15) is 0 Å². The van der Waals surface area contributed by atoms with E-state index in [0.717, 1.165) is 109 Å². The maximum atomic E-state index is 5.70. The summed E-state index contributed by atoms with van der Waals surface area (Å²) < 4.78 is 48.3. The van der Waals surface area contributed by atoms with Crippen LogP contribution in [0.5, 0.6) is 23.5 Å². The van der Waals surface area contributed by atoms with Gasteiger partial charge in [-0.05, 0) is 233 Å². The molecule has 0 atom stereocenters. The summed E-state index contributed by atoms with van der Waals surface area (Å²) in [6.45, 7) is 15.8. The van der Waals surface area contributed by atoms with E-state index in [0.29, 0.717) is 83.7 Å². The van der Waals surface area contributed by atoms with Crippen LogP contribution < -0.4 is 39.4 Å². The van der Waals surface area contributed by atoms with Crippen molar-refractivity contribution in [2.45, 2.75) is 53.4 Å². The van der Waals surface area contributed by atoms with Gasteiger partial charge in [0.25, 0.3) is 0 Å². The van der Waals surface area contributed by atoms with Gasteiger partial charge in [0.15, 0.2) is 0 Å². The minimum absolute atomic E-state index is 0.476. The van der Waals surface area contributed by atoms with Crippen molar-refractivity contribution in [2.24, 2.45) is 0 Å². The molecule has 20 heteroatoms. The average Bonchev–Trinajstić information content (AvgIpc) is 1.14. The monoisotopic (exact) mass is 1760 g/mol. The summed E-state index contributed by atoms with van der Waals surface area (Å²) >= 11 is 9.01. The molecule has 0 unspecified atom stereocenters. The lowest BCUT2D eigenvalue weighted by Gasteiger charge is -2.11. The lowest BCUT2D eigenvalue weighted by atomic mass is 10.1. The zero-order chi connectivity index (χ0) is 70.5. The molecule has 0 aliphatic carbocycles. The van der Waals surface area contributed by atoms with Crippen LogP contribution in [0, 0.1) is 14.3 Å². The van der Waals surface area contributed by atoms with Crippen molar-refractivity contribution in [1.29, 1.82) is 0 Å². The van der Waals surface area contributed by atoms with Crippen molar-refractivity contribution in [3.8, 4) is 23.5 Å². The second-order valence-corrected chi connectivity index (χ2v) is 26.8. The minimum Gasteiger partial charge on any atom is -0.477 e. The highest BCUT2D eigenvalue weighted by atomic mass is 123. The first kappa shape index (κ1) is 82.3. The molecule has 8 rings (SSSR count). The number of anilines is 4. The maximum Gasteiger partial charge on any atom is 0.227 e. The van der Waals surface area contributed by atoms with Crippen LogP contribution in [0.15, 0.2) is 146 Å². The van der Waals surface area contributed by atoms with Crippen LogP contribution in [0.3, 0.4) is 0 Å². The molecule has 0 spiro atoms. The number of nitrogens with one attached hydrogen (secondary N) is 2. The van der Waals surface area contributed by atoms with Gasteiger partial charge in [0, 0.05) is 103 Å². The quantitative estimate of drug-likeness (QED) is 0.0282. The first-order chi connectivity index (χ1) is 47.6. The van der Waals surface area contributed by atoms with E-state index in [1.807, 2.05) is 73.1 Å². The lowest BCUT2D eigenvalue weighted by Crippen LogP contribution is -2.12. The fourth-order valence-electron chi connectivity index (χ4n) is 8.33. The summed E-state index contributed by atoms with van der Waals surface area (Å²) in [5, 5.41) is 6.22. The standard InChI is InChI=1S/C22H29IN2O3.C21H27IN2O3.C18H21IN2O.C17H19IN2O/c1-4-11-26-12-13-27-14-15-28-22-21(23)16-19(17-24-22)6-5-18-7-9-20(10-8-18)25(2)3;1-3-10-25-11-12-26-13-14-27-21-20(22)15-18(16-24-21)5-4-17-6-8-19(23-2)9-7-17;1-4-11-22-18-17(19)12-15(13-20-18)6-5-14-7-9-16(10-8-14)21(2)3;1-3-10-21-17-16(18)11-14(12-20-17)5-4-13-6-8-15(19-2)9-7-13/h5-10,16-17H,4,11-15H2,1-3H3;4-9,15-16,23H,3,10-14H2,1-2H3;5-10,12-13H,4,11H2,1-3H3;4-9,11-12,19H,3,10H2,1-2H3/b6-5+;5-4+;6-5+;5-4+/i23-4;22-4;19-4;18-4. The van der Waals surface area contributed by atoms with Gasteiger partial charge < -0.3 is 58.3 Å². The van der Waals surface area contributed by atoms with Crippen molar-refractivity contribution in [1.82, 2.24) is 19.9 Å². The van der Waals surface area contributed by atoms with E-state index in [9.17, 15) is 0 Å². The zero-order valence-electron chi connectivity index (χ0n) is 58.3. The summed E-state index contributed by atoms with van der Waals surface area (Å²) in [4.78, 5) is 21.7. The number of nitrogens with zero attached hydrogens (tertiary/aromatic N) is 6. The third-order valence-corrected chi connectivity index (χ3v) is 16.8. The molecule has 0 saturated carbocycles. The summed E-state index contributed by atoms with van der Waals surface area (Å²) in [5.74, 6) is 2.71. The number of rotatable bonds is 36. The van der Waals surface area contributed by atoms with Crippen LogP contribution in [0.1, 0.15) is 97.9 Å². The Labute approximate surface area is 637 Å². The highest BCUT2D eigenvalue weighted by Crippen LogP contribution is 2.25. The van der Waals surface area contributed by atoms with Gasteiger partial charge >= 0.3 is 0 Å². The predicted octanol–water partition coefficient (Wildman–Crippen LogP) is 18.9. The lowest BCUT2D eigenvalue weighted by molar-refractivity contribution is 0.0359. The van der Waals surface area contributed by atoms with E-state index in [1.165, 1.54) is 16.9 Å². The zero-order valence-corrected chi connectivity index (χ0v) is 66.9. The first-order valence-electron chi connectivity index (χ1n) is 32.9. The van der Waals surface area contributed by atoms with Gasteiger partial charge in [0.1, 0.15) is 13.2 Å². The molecule has 4 heterocycles. The highest BCUT2D eigenvalue weighted by molar-refractivity contribution is 14.1. The van der Waals surface area contributed by atoms with Crippen molar-refractivity contribution in [2.75, 3.05) is 142 Å². The molecule has 0 radical (unpaired) electrons. The topological polar surface area (TPSA) is 156 Å². The molecule has 0 saturated heterocycles. The smallest absolute Gasteiger partial charge is 0.227 e. The molecule has 0 aliphatic heterocycles. The average molecular weight is 1770 g/mol. The van der Waals surface area contributed by atoms with E-state index in [2.05, 4.69) is 322 Å². The van der Waals surface area contributed by atoms with E-state index >= 15 is 0 Å². The maximum absolute atomic E-state index is 5.70. The molecule has 98 heavy (non-hydrogen) atoms. The largest absolute Gasteiger partial charge is 0.477 e. The Bertz CT molecular complexity index is 3630. The fraction of sp³-hybridized carbons (Fsp3) is 0.333. The minimum atomic E-state index is 0.476. The summed E-state index contributed by atoms with van der Waals surface area (Å²) in [6, 6.07) is 41.7. The van der Waals surface area contributed by atoms with Crippen molar-refractivity contribution in [3.63, 3.8) is 0 Å². The Balaban J connectivity index is 0.000000237.